The summed E-state index contributed by atoms with van der Waals surface area (Å²) in [6.07, 6.45) is 2.50. The van der Waals surface area contributed by atoms with Crippen molar-refractivity contribution in [3.05, 3.63) is 131 Å². The lowest BCUT2D eigenvalue weighted by Gasteiger charge is -2.35. The number of carbonyl (C=O) groups excluding carboxylic acids is 4. The molecular formula is C64H73ClFN9O10S. The monoisotopic (exact) mass is 1210 g/mol. The van der Waals surface area contributed by atoms with Crippen molar-refractivity contribution in [2.24, 2.45) is 5.41 Å². The number of aromatic hydroxyl groups is 1. The van der Waals surface area contributed by atoms with Crippen LogP contribution in [-0.4, -0.2) is 158 Å². The molecule has 0 radical (unpaired) electrons. The lowest BCUT2D eigenvalue weighted by atomic mass is 9.85. The molecule has 2 saturated heterocycles. The Kier molecular flexibility index (Phi) is 21.2. The van der Waals surface area contributed by atoms with Gasteiger partial charge in [0.2, 0.25) is 29.6 Å². The summed E-state index contributed by atoms with van der Waals surface area (Å²) in [6, 6.07) is 25.5. The Labute approximate surface area is 508 Å². The number of halogens is 2. The Morgan fingerprint density at radius 3 is 2.17 bits per heavy atom. The maximum atomic E-state index is 17.1. The number of likely N-dealkylation sites (tertiary alicyclic amines) is 1. The highest BCUT2D eigenvalue weighted by Gasteiger charge is 2.42. The number of piperazine rings is 1. The number of thiazole rings is 1. The molecule has 0 unspecified atom stereocenters. The van der Waals surface area contributed by atoms with E-state index < -0.39 is 29.2 Å². The number of fused-ring (bicyclic) bond motifs is 2. The minimum atomic E-state index is -0.874. The highest BCUT2D eigenvalue weighted by molar-refractivity contribution is 7.13. The van der Waals surface area contributed by atoms with Crippen molar-refractivity contribution >= 4 is 85.7 Å². The molecule has 19 nitrogen and oxygen atoms in total. The summed E-state index contributed by atoms with van der Waals surface area (Å²) in [4.78, 5) is 73.4. The number of rotatable bonds is 26. The van der Waals surface area contributed by atoms with Crippen molar-refractivity contribution in [1.29, 1.82) is 0 Å². The van der Waals surface area contributed by atoms with E-state index in [-0.39, 0.29) is 78.0 Å². The molecule has 4 N–H and O–H groups in total. The quantitative estimate of drug-likeness (QED) is 0.0293. The van der Waals surface area contributed by atoms with Crippen LogP contribution >= 0.6 is 22.9 Å². The van der Waals surface area contributed by atoms with Gasteiger partial charge in [-0.1, -0.05) is 87.5 Å². The van der Waals surface area contributed by atoms with E-state index >= 15 is 4.39 Å². The molecule has 0 spiro atoms. The molecule has 0 aliphatic carbocycles. The second-order valence-electron chi connectivity index (χ2n) is 22.1. The third-order valence-corrected chi connectivity index (χ3v) is 16.3. The first-order chi connectivity index (χ1) is 41.5. The van der Waals surface area contributed by atoms with Crippen molar-refractivity contribution in [3.63, 3.8) is 0 Å². The predicted molar refractivity (Wildman–Crippen MR) is 332 cm³/mol. The highest BCUT2D eigenvalue weighted by Crippen LogP contribution is 2.43. The maximum absolute atomic E-state index is 17.1. The van der Waals surface area contributed by atoms with Gasteiger partial charge in [0.1, 0.15) is 48.1 Å². The fraction of sp³-hybridized carbons (Fsp3) is 0.391. The number of benzene rings is 5. The van der Waals surface area contributed by atoms with Crippen LogP contribution in [0.1, 0.15) is 57.8 Å². The number of aromatic nitrogens is 3. The number of carbonyl (C=O) groups is 4. The molecule has 2 fully saturated rings. The number of nitrogens with one attached hydrogen (secondary N) is 3. The van der Waals surface area contributed by atoms with Gasteiger partial charge in [-0.3, -0.25) is 19.2 Å². The zero-order valence-electron chi connectivity index (χ0n) is 49.0. The number of hydrogen-bond donors (Lipinski definition) is 4. The zero-order valence-corrected chi connectivity index (χ0v) is 50.6. The largest absolute Gasteiger partial charge is 0.508 e. The third-order valence-electron chi connectivity index (χ3n) is 15.0. The van der Waals surface area contributed by atoms with Gasteiger partial charge in [-0.25, -0.2) is 14.4 Å². The summed E-state index contributed by atoms with van der Waals surface area (Å²) in [6.45, 7) is 17.3. The van der Waals surface area contributed by atoms with Gasteiger partial charge in [0.25, 0.3) is 0 Å². The van der Waals surface area contributed by atoms with Crippen LogP contribution in [-0.2, 0) is 38.1 Å². The SMILES string of the molecule is C=CC(=O)N1CCN(c2nc(Nc3ccc(OCCOCCOCCOCCOCC(=O)N[C@H](C(=O)N4CCC[C@H]4C(=O)N[C@@H](C)c4ccc(-c5scnc5C)cc4)C(C)(C)C)cc3)nc3c(F)c(-c4cc(O)cc5ccccc45)c(Cl)cc23)CC1. The summed E-state index contributed by atoms with van der Waals surface area (Å²) in [5.74, 6) is -0.667. The Bertz CT molecular complexity index is 3520. The average Bonchev–Trinajstić information content (AvgIpc) is 2.90. The predicted octanol–water partition coefficient (Wildman–Crippen LogP) is 9.80. The molecule has 5 aromatic carbocycles. The minimum Gasteiger partial charge on any atom is -0.508 e. The number of hydrogen-bond acceptors (Lipinski definition) is 16. The van der Waals surface area contributed by atoms with Crippen molar-refractivity contribution in [3.8, 4) is 33.1 Å². The number of phenols is 1. The fourth-order valence-corrected chi connectivity index (χ4v) is 11.6. The normalized spacial score (nSPS) is 15.2. The van der Waals surface area contributed by atoms with Gasteiger partial charge < -0.3 is 59.4 Å². The first-order valence-electron chi connectivity index (χ1n) is 28.8. The van der Waals surface area contributed by atoms with Gasteiger partial charge in [0.05, 0.1) is 73.4 Å². The molecule has 4 heterocycles. The van der Waals surface area contributed by atoms with Gasteiger partial charge in [0.15, 0.2) is 5.82 Å². The summed E-state index contributed by atoms with van der Waals surface area (Å²) in [5, 5.41) is 21.8. The second kappa shape index (κ2) is 29.1. The molecule has 4 amide bonds. The van der Waals surface area contributed by atoms with Gasteiger partial charge in [0, 0.05) is 49.4 Å². The lowest BCUT2D eigenvalue weighted by molar-refractivity contribution is -0.144. The second-order valence-corrected chi connectivity index (χ2v) is 23.4. The molecule has 0 bridgehead atoms. The Morgan fingerprint density at radius 1 is 0.837 bits per heavy atom. The van der Waals surface area contributed by atoms with E-state index in [0.29, 0.717) is 112 Å². The molecule has 2 aliphatic heterocycles. The van der Waals surface area contributed by atoms with Crippen molar-refractivity contribution in [1.82, 2.24) is 35.4 Å². The molecule has 454 valence electrons. The summed E-state index contributed by atoms with van der Waals surface area (Å²) < 4.78 is 45.5. The van der Waals surface area contributed by atoms with E-state index in [2.05, 4.69) is 32.5 Å². The number of amides is 4. The van der Waals surface area contributed by atoms with Crippen LogP contribution in [0.15, 0.2) is 109 Å². The fourth-order valence-electron chi connectivity index (χ4n) is 10.5. The Hall–Kier alpha value is -7.79. The van der Waals surface area contributed by atoms with Gasteiger partial charge >= 0.3 is 0 Å². The van der Waals surface area contributed by atoms with Gasteiger partial charge in [-0.2, -0.15) is 4.98 Å². The smallest absolute Gasteiger partial charge is 0.246 e. The molecule has 9 rings (SSSR count). The lowest BCUT2D eigenvalue weighted by Crippen LogP contribution is -2.58. The number of nitrogens with zero attached hydrogens (tertiary/aromatic N) is 6. The average molecular weight is 1210 g/mol. The van der Waals surface area contributed by atoms with Crippen LogP contribution in [0.25, 0.3) is 43.2 Å². The van der Waals surface area contributed by atoms with E-state index in [1.165, 1.54) is 12.1 Å². The topological polar surface area (TPSA) is 219 Å². The molecule has 86 heavy (non-hydrogen) atoms. The van der Waals surface area contributed by atoms with Crippen LogP contribution in [0.5, 0.6) is 11.5 Å². The molecule has 22 heteroatoms. The standard InChI is InChI=1S/C64H73ClFN9O10S/c1-7-54(78)73-23-25-74(26-24-73)60-50-37-51(65)55(49-36-46(76)35-44-11-8-9-12-48(44)49)56(66)57(50)71-63(72-60)69-45-18-20-47(21-19-45)85-34-33-83-30-29-81-27-28-82-31-32-84-38-53(77)70-59(64(4,5)6)62(80)75-22-10-13-52(75)61(79)68-40(2)42-14-16-43(17-15-42)58-41(3)67-39-86-58/h7-9,11-12,14-21,35-37,39-40,52,59,76H,1,10,13,22-34,38H2,2-6H3,(H,68,79)(H,70,77)(H,69,71,72)/t40-,52-,59+/m0/s1. The first-order valence-corrected chi connectivity index (χ1v) is 30.0. The van der Waals surface area contributed by atoms with Crippen LogP contribution in [0.4, 0.5) is 21.8 Å². The summed E-state index contributed by atoms with van der Waals surface area (Å²) in [7, 11) is 0. The van der Waals surface area contributed by atoms with E-state index in [9.17, 15) is 24.3 Å². The summed E-state index contributed by atoms with van der Waals surface area (Å²) >= 11 is 8.50. The maximum Gasteiger partial charge on any atom is 0.246 e. The number of anilines is 3. The van der Waals surface area contributed by atoms with Gasteiger partial charge in [-0.15, -0.1) is 11.3 Å². The van der Waals surface area contributed by atoms with Crippen molar-refractivity contribution in [2.75, 3.05) is 102 Å². The molecule has 2 aromatic heterocycles. The Morgan fingerprint density at radius 2 is 1.51 bits per heavy atom. The van der Waals surface area contributed by atoms with E-state index in [4.69, 9.17) is 40.3 Å². The number of aryl methyl sites for hydroxylation is 1. The van der Waals surface area contributed by atoms with E-state index in [1.54, 1.807) is 57.5 Å². The van der Waals surface area contributed by atoms with Crippen LogP contribution in [0.3, 0.4) is 0 Å². The number of ether oxygens (including phenoxy) is 5. The van der Waals surface area contributed by atoms with Gasteiger partial charge in [-0.05, 0) is 108 Å². The minimum absolute atomic E-state index is 0.0291. The third kappa shape index (κ3) is 15.6. The first kappa shape index (κ1) is 62.7. The van der Waals surface area contributed by atoms with E-state index in [0.717, 1.165) is 27.1 Å². The van der Waals surface area contributed by atoms with Crippen molar-refractivity contribution in [2.45, 2.75) is 65.6 Å². The highest BCUT2D eigenvalue weighted by atomic mass is 35.5. The summed E-state index contributed by atoms with van der Waals surface area (Å²) in [5.41, 5.74) is 5.35. The Balaban J connectivity index is 0.665. The molecule has 0 saturated carbocycles. The zero-order chi connectivity index (χ0) is 60.9. The molecular weight excluding hydrogens is 1140 g/mol. The van der Waals surface area contributed by atoms with Crippen molar-refractivity contribution < 1.29 is 52.4 Å². The van der Waals surface area contributed by atoms with Crippen LogP contribution < -0.4 is 25.6 Å². The number of phenolic OH excluding ortho intramolecular Hbond substituents is 1. The van der Waals surface area contributed by atoms with E-state index in [1.807, 2.05) is 93.6 Å². The molecule has 7 aromatic rings. The molecule has 2 aliphatic rings. The van der Waals surface area contributed by atoms with Crippen LogP contribution in [0, 0.1) is 18.2 Å². The van der Waals surface area contributed by atoms with Crippen LogP contribution in [0.2, 0.25) is 5.02 Å². The molecule has 3 atom stereocenters.